The van der Waals surface area contributed by atoms with Gasteiger partial charge < -0.3 is 10.4 Å². The van der Waals surface area contributed by atoms with Gasteiger partial charge in [0.05, 0.1) is 17.4 Å². The molecule has 1 aliphatic rings. The number of thioether (sulfide) groups is 2. The molecule has 1 aliphatic heterocycles. The number of aromatic nitrogens is 1. The van der Waals surface area contributed by atoms with E-state index < -0.39 is 5.97 Å². The maximum atomic E-state index is 11.0. The van der Waals surface area contributed by atoms with Crippen LogP contribution in [0.25, 0.3) is 0 Å². The normalized spacial score (nSPS) is 19.9. The molecule has 6 heteroatoms. The third kappa shape index (κ3) is 3.54. The van der Waals surface area contributed by atoms with Crippen LogP contribution in [0.1, 0.15) is 10.4 Å². The summed E-state index contributed by atoms with van der Waals surface area (Å²) < 4.78 is 0. The molecule has 0 spiro atoms. The van der Waals surface area contributed by atoms with E-state index in [9.17, 15) is 4.79 Å². The van der Waals surface area contributed by atoms with Crippen LogP contribution < -0.4 is 5.32 Å². The minimum Gasteiger partial charge on any atom is -0.478 e. The van der Waals surface area contributed by atoms with E-state index in [-0.39, 0.29) is 5.56 Å². The van der Waals surface area contributed by atoms with Crippen molar-refractivity contribution >= 4 is 35.2 Å². The van der Waals surface area contributed by atoms with E-state index in [2.05, 4.69) is 10.3 Å². The van der Waals surface area contributed by atoms with Gasteiger partial charge in [0.15, 0.2) is 0 Å². The molecule has 1 fully saturated rings. The molecule has 0 amide bonds. The van der Waals surface area contributed by atoms with E-state index in [0.29, 0.717) is 10.9 Å². The molecule has 2 heterocycles. The topological polar surface area (TPSA) is 62.2 Å². The molecule has 1 atom stereocenters. The van der Waals surface area contributed by atoms with E-state index in [0.717, 1.165) is 12.3 Å². The zero-order valence-corrected chi connectivity index (χ0v) is 10.9. The fourth-order valence-electron chi connectivity index (χ4n) is 1.60. The monoisotopic (exact) mass is 270 g/mol. The van der Waals surface area contributed by atoms with Crippen molar-refractivity contribution < 1.29 is 9.90 Å². The Balaban J connectivity index is 1.96. The fraction of sp³-hybridized carbons (Fsp3) is 0.455. The largest absolute Gasteiger partial charge is 0.478 e. The standard InChI is InChI=1S/C11H14N2O2S2/c14-11(15)9-1-2-12-6-10(9)13-5-8-7-16-3-4-17-8/h1-2,6,8,13H,3-5,7H2,(H,14,15). The highest BCUT2D eigenvalue weighted by molar-refractivity contribution is 8.06. The highest BCUT2D eigenvalue weighted by atomic mass is 32.2. The van der Waals surface area contributed by atoms with Gasteiger partial charge in [-0.2, -0.15) is 23.5 Å². The van der Waals surface area contributed by atoms with Gasteiger partial charge in [0.25, 0.3) is 0 Å². The first-order valence-corrected chi connectivity index (χ1v) is 7.58. The van der Waals surface area contributed by atoms with Gasteiger partial charge in [-0.15, -0.1) is 0 Å². The lowest BCUT2D eigenvalue weighted by Crippen LogP contribution is -2.24. The van der Waals surface area contributed by atoms with E-state index in [1.54, 1.807) is 6.20 Å². The second-order valence-corrected chi connectivity index (χ2v) is 6.23. The summed E-state index contributed by atoms with van der Waals surface area (Å²) in [7, 11) is 0. The van der Waals surface area contributed by atoms with Crippen molar-refractivity contribution in [1.29, 1.82) is 0 Å². The lowest BCUT2D eigenvalue weighted by atomic mass is 10.2. The van der Waals surface area contributed by atoms with Crippen LogP contribution in [-0.2, 0) is 0 Å². The molecular weight excluding hydrogens is 256 g/mol. The fourth-order valence-corrected chi connectivity index (χ4v) is 4.21. The van der Waals surface area contributed by atoms with Gasteiger partial charge >= 0.3 is 5.97 Å². The number of carboxylic acids is 1. The summed E-state index contributed by atoms with van der Waals surface area (Å²) in [6, 6.07) is 1.52. The van der Waals surface area contributed by atoms with Crippen molar-refractivity contribution in [3.63, 3.8) is 0 Å². The van der Waals surface area contributed by atoms with Crippen molar-refractivity contribution in [3.05, 3.63) is 24.0 Å². The number of nitrogens with zero attached hydrogens (tertiary/aromatic N) is 1. The molecule has 0 aliphatic carbocycles. The van der Waals surface area contributed by atoms with Gasteiger partial charge in [0.1, 0.15) is 0 Å². The minimum atomic E-state index is -0.916. The van der Waals surface area contributed by atoms with Crippen LogP contribution in [0.5, 0.6) is 0 Å². The number of nitrogens with one attached hydrogen (secondary N) is 1. The number of anilines is 1. The summed E-state index contributed by atoms with van der Waals surface area (Å²) in [5.41, 5.74) is 0.893. The third-order valence-electron chi connectivity index (χ3n) is 2.46. The Morgan fingerprint density at radius 1 is 1.59 bits per heavy atom. The number of aromatic carboxylic acids is 1. The summed E-state index contributed by atoms with van der Waals surface area (Å²) in [5, 5.41) is 12.8. The van der Waals surface area contributed by atoms with E-state index in [1.807, 2.05) is 23.5 Å². The van der Waals surface area contributed by atoms with Gasteiger partial charge in [-0.05, 0) is 6.07 Å². The van der Waals surface area contributed by atoms with Gasteiger partial charge in [-0.3, -0.25) is 4.98 Å². The molecule has 2 N–H and O–H groups in total. The second kappa shape index (κ2) is 6.16. The molecule has 1 saturated heterocycles. The lowest BCUT2D eigenvalue weighted by Gasteiger charge is -2.21. The first-order chi connectivity index (χ1) is 8.27. The van der Waals surface area contributed by atoms with Crippen molar-refractivity contribution in [2.75, 3.05) is 29.1 Å². The number of carboxylic acid groups (broad SMARTS) is 1. The zero-order chi connectivity index (χ0) is 12.1. The van der Waals surface area contributed by atoms with Crippen molar-refractivity contribution in [3.8, 4) is 0 Å². The molecule has 0 bridgehead atoms. The molecule has 0 aromatic carbocycles. The Bertz CT molecular complexity index is 395. The average molecular weight is 270 g/mol. The first-order valence-electron chi connectivity index (χ1n) is 5.38. The van der Waals surface area contributed by atoms with Gasteiger partial charge in [-0.25, -0.2) is 4.79 Å². The molecule has 2 rings (SSSR count). The zero-order valence-electron chi connectivity index (χ0n) is 9.26. The van der Waals surface area contributed by atoms with E-state index in [1.165, 1.54) is 23.8 Å². The number of carbonyl (C=O) groups is 1. The van der Waals surface area contributed by atoms with Crippen LogP contribution in [0.2, 0.25) is 0 Å². The summed E-state index contributed by atoms with van der Waals surface area (Å²) in [6.45, 7) is 0.795. The SMILES string of the molecule is O=C(O)c1ccncc1NCC1CSCCS1. The summed E-state index contributed by atoms with van der Waals surface area (Å²) in [6.07, 6.45) is 3.07. The molecule has 1 unspecified atom stereocenters. The smallest absolute Gasteiger partial charge is 0.337 e. The number of pyridine rings is 1. The van der Waals surface area contributed by atoms with Crippen LogP contribution in [-0.4, -0.2) is 45.1 Å². The predicted octanol–water partition coefficient (Wildman–Crippen LogP) is 2.04. The summed E-state index contributed by atoms with van der Waals surface area (Å²) in [4.78, 5) is 14.9. The maximum Gasteiger partial charge on any atom is 0.337 e. The van der Waals surface area contributed by atoms with Gasteiger partial charge in [-0.1, -0.05) is 0 Å². The Morgan fingerprint density at radius 2 is 2.47 bits per heavy atom. The molecule has 1 aromatic heterocycles. The number of rotatable bonds is 4. The van der Waals surface area contributed by atoms with Gasteiger partial charge in [0.2, 0.25) is 0 Å². The number of hydrogen-bond acceptors (Lipinski definition) is 5. The second-order valence-electron chi connectivity index (χ2n) is 3.68. The molecule has 1 aromatic rings. The molecule has 4 nitrogen and oxygen atoms in total. The quantitative estimate of drug-likeness (QED) is 0.873. The van der Waals surface area contributed by atoms with Crippen LogP contribution in [0.3, 0.4) is 0 Å². The van der Waals surface area contributed by atoms with Crippen LogP contribution in [0, 0.1) is 0 Å². The van der Waals surface area contributed by atoms with E-state index >= 15 is 0 Å². The average Bonchev–Trinajstić information content (AvgIpc) is 2.38. The molecule has 92 valence electrons. The lowest BCUT2D eigenvalue weighted by molar-refractivity contribution is 0.0698. The Kier molecular flexibility index (Phi) is 4.56. The van der Waals surface area contributed by atoms with Crippen molar-refractivity contribution in [2.45, 2.75) is 5.25 Å². The van der Waals surface area contributed by atoms with Gasteiger partial charge in [0, 0.05) is 35.3 Å². The molecule has 0 radical (unpaired) electrons. The molecule has 17 heavy (non-hydrogen) atoms. The number of hydrogen-bond donors (Lipinski definition) is 2. The summed E-state index contributed by atoms with van der Waals surface area (Å²) >= 11 is 3.90. The minimum absolute atomic E-state index is 0.286. The molecule has 0 saturated carbocycles. The predicted molar refractivity (Wildman–Crippen MR) is 73.3 cm³/mol. The summed E-state index contributed by atoms with van der Waals surface area (Å²) in [5.74, 6) is 2.60. The highest BCUT2D eigenvalue weighted by Crippen LogP contribution is 2.24. The first kappa shape index (κ1) is 12.6. The van der Waals surface area contributed by atoms with E-state index in [4.69, 9.17) is 5.11 Å². The maximum absolute atomic E-state index is 11.0. The van der Waals surface area contributed by atoms with Crippen molar-refractivity contribution in [1.82, 2.24) is 4.98 Å². The Labute approximate surface area is 109 Å². The van der Waals surface area contributed by atoms with Crippen LogP contribution in [0.15, 0.2) is 18.5 Å². The van der Waals surface area contributed by atoms with Crippen molar-refractivity contribution in [2.24, 2.45) is 0 Å². The van der Waals surface area contributed by atoms with Crippen LogP contribution in [0.4, 0.5) is 5.69 Å². The van der Waals surface area contributed by atoms with Crippen LogP contribution >= 0.6 is 23.5 Å². The highest BCUT2D eigenvalue weighted by Gasteiger charge is 2.15. The Hall–Kier alpha value is -0.880. The molecular formula is C11H14N2O2S2. The third-order valence-corrected chi connectivity index (χ3v) is 5.30. The Morgan fingerprint density at radius 3 is 3.18 bits per heavy atom.